The molecule has 5 heteroatoms. The molecule has 1 aromatic heterocycles. The number of aryl methyl sites for hydroxylation is 2. The van der Waals surface area contributed by atoms with Crippen molar-refractivity contribution in [2.45, 2.75) is 13.8 Å². The van der Waals surface area contributed by atoms with Gasteiger partial charge in [-0.15, -0.1) is 0 Å². The van der Waals surface area contributed by atoms with Gasteiger partial charge in [0.05, 0.1) is 7.11 Å². The highest BCUT2D eigenvalue weighted by molar-refractivity contribution is 6.04. The summed E-state index contributed by atoms with van der Waals surface area (Å²) >= 11 is 0. The fourth-order valence-corrected chi connectivity index (χ4v) is 2.48. The molecular weight excluding hydrogens is 326 g/mol. The molecule has 0 saturated heterocycles. The molecule has 132 valence electrons. The summed E-state index contributed by atoms with van der Waals surface area (Å²) in [5, 5.41) is 6.11. The van der Waals surface area contributed by atoms with Gasteiger partial charge in [0.2, 0.25) is 0 Å². The van der Waals surface area contributed by atoms with E-state index < -0.39 is 0 Å². The van der Waals surface area contributed by atoms with E-state index in [9.17, 15) is 4.79 Å². The van der Waals surface area contributed by atoms with E-state index in [1.54, 1.807) is 49.7 Å². The van der Waals surface area contributed by atoms with Crippen LogP contribution in [0, 0.1) is 13.8 Å². The zero-order chi connectivity index (χ0) is 18.5. The Morgan fingerprint density at radius 1 is 0.923 bits per heavy atom. The fourth-order valence-electron chi connectivity index (χ4n) is 2.48. The Labute approximate surface area is 153 Å². The van der Waals surface area contributed by atoms with Crippen LogP contribution in [0.5, 0.6) is 5.75 Å². The van der Waals surface area contributed by atoms with E-state index in [0.29, 0.717) is 17.1 Å². The Balaban J connectivity index is 1.73. The first kappa shape index (κ1) is 17.5. The molecule has 2 aromatic carbocycles. The van der Waals surface area contributed by atoms with Crippen LogP contribution >= 0.6 is 0 Å². The van der Waals surface area contributed by atoms with Crippen molar-refractivity contribution in [3.8, 4) is 5.75 Å². The van der Waals surface area contributed by atoms with Crippen molar-refractivity contribution in [3.05, 3.63) is 77.5 Å². The molecule has 1 heterocycles. The van der Waals surface area contributed by atoms with Crippen molar-refractivity contribution in [1.29, 1.82) is 0 Å². The zero-order valence-electron chi connectivity index (χ0n) is 15.0. The van der Waals surface area contributed by atoms with Crippen molar-refractivity contribution < 1.29 is 9.53 Å². The number of carbonyl (C=O) groups excluding carboxylic acids is 1. The molecule has 0 aliphatic rings. The van der Waals surface area contributed by atoms with Gasteiger partial charge in [0.25, 0.3) is 5.91 Å². The molecule has 0 aliphatic carbocycles. The number of pyridine rings is 1. The van der Waals surface area contributed by atoms with Gasteiger partial charge in [-0.3, -0.25) is 4.79 Å². The predicted octanol–water partition coefficient (Wildman–Crippen LogP) is 4.70. The standard InChI is InChI=1S/C21H21N3O2/c1-14-4-5-18(12-15(14)2)23-20-13-16(10-11-22-20)21(25)24-17-6-8-19(26-3)9-7-17/h4-13H,1-3H3,(H,22,23)(H,24,25). The van der Waals surface area contributed by atoms with Crippen molar-refractivity contribution >= 4 is 23.1 Å². The molecule has 0 saturated carbocycles. The maximum absolute atomic E-state index is 12.5. The number of methoxy groups -OCH3 is 1. The number of ether oxygens (including phenoxy) is 1. The summed E-state index contributed by atoms with van der Waals surface area (Å²) in [5.74, 6) is 1.17. The maximum Gasteiger partial charge on any atom is 0.255 e. The number of hydrogen-bond donors (Lipinski definition) is 2. The predicted molar refractivity (Wildman–Crippen MR) is 104 cm³/mol. The summed E-state index contributed by atoms with van der Waals surface area (Å²) < 4.78 is 5.12. The van der Waals surface area contributed by atoms with Gasteiger partial charge in [0.15, 0.2) is 0 Å². The minimum absolute atomic E-state index is 0.194. The van der Waals surface area contributed by atoms with Crippen LogP contribution in [0.4, 0.5) is 17.2 Å². The lowest BCUT2D eigenvalue weighted by Crippen LogP contribution is -2.12. The smallest absolute Gasteiger partial charge is 0.255 e. The quantitative estimate of drug-likeness (QED) is 0.702. The first-order chi connectivity index (χ1) is 12.5. The van der Waals surface area contributed by atoms with E-state index in [-0.39, 0.29) is 5.91 Å². The highest BCUT2D eigenvalue weighted by Gasteiger charge is 2.08. The number of aromatic nitrogens is 1. The number of amides is 1. The second kappa shape index (κ2) is 7.70. The summed E-state index contributed by atoms with van der Waals surface area (Å²) in [6, 6.07) is 16.7. The molecule has 1 amide bonds. The minimum atomic E-state index is -0.194. The van der Waals surface area contributed by atoms with E-state index in [1.165, 1.54) is 11.1 Å². The van der Waals surface area contributed by atoms with E-state index >= 15 is 0 Å². The zero-order valence-corrected chi connectivity index (χ0v) is 15.0. The number of carbonyl (C=O) groups is 1. The number of nitrogens with zero attached hydrogens (tertiary/aromatic N) is 1. The van der Waals surface area contributed by atoms with Crippen LogP contribution in [-0.4, -0.2) is 18.0 Å². The van der Waals surface area contributed by atoms with Crippen molar-refractivity contribution in [1.82, 2.24) is 4.98 Å². The first-order valence-corrected chi connectivity index (χ1v) is 8.31. The molecule has 5 nitrogen and oxygen atoms in total. The minimum Gasteiger partial charge on any atom is -0.497 e. The first-order valence-electron chi connectivity index (χ1n) is 8.31. The Hall–Kier alpha value is -3.34. The summed E-state index contributed by atoms with van der Waals surface area (Å²) in [6.07, 6.45) is 1.62. The van der Waals surface area contributed by atoms with Gasteiger partial charge in [-0.1, -0.05) is 6.07 Å². The summed E-state index contributed by atoms with van der Waals surface area (Å²) in [4.78, 5) is 16.8. The van der Waals surface area contributed by atoms with Crippen molar-refractivity contribution in [2.75, 3.05) is 17.7 Å². The summed E-state index contributed by atoms with van der Waals surface area (Å²) in [5.41, 5.74) is 4.60. The van der Waals surface area contributed by atoms with Gasteiger partial charge in [-0.2, -0.15) is 0 Å². The topological polar surface area (TPSA) is 63.2 Å². The SMILES string of the molecule is COc1ccc(NC(=O)c2ccnc(Nc3ccc(C)c(C)c3)c2)cc1. The molecule has 26 heavy (non-hydrogen) atoms. The third-order valence-corrected chi connectivity index (χ3v) is 4.15. The maximum atomic E-state index is 12.5. The van der Waals surface area contributed by atoms with Crippen LogP contribution in [0.2, 0.25) is 0 Å². The second-order valence-electron chi connectivity index (χ2n) is 6.04. The number of anilines is 3. The molecule has 0 atom stereocenters. The highest BCUT2D eigenvalue weighted by atomic mass is 16.5. The number of benzene rings is 2. The van der Waals surface area contributed by atoms with Gasteiger partial charge >= 0.3 is 0 Å². The van der Waals surface area contributed by atoms with Crippen molar-refractivity contribution in [2.24, 2.45) is 0 Å². The number of nitrogens with one attached hydrogen (secondary N) is 2. The molecule has 0 fully saturated rings. The Morgan fingerprint density at radius 2 is 1.65 bits per heavy atom. The Kier molecular flexibility index (Phi) is 5.17. The average molecular weight is 347 g/mol. The average Bonchev–Trinajstić information content (AvgIpc) is 2.65. The van der Waals surface area contributed by atoms with Crippen LogP contribution in [0.25, 0.3) is 0 Å². The lowest BCUT2D eigenvalue weighted by Gasteiger charge is -2.10. The summed E-state index contributed by atoms with van der Waals surface area (Å²) in [7, 11) is 1.61. The van der Waals surface area contributed by atoms with E-state index in [2.05, 4.69) is 41.6 Å². The van der Waals surface area contributed by atoms with Gasteiger partial charge in [-0.25, -0.2) is 4.98 Å². The Morgan fingerprint density at radius 3 is 2.35 bits per heavy atom. The third kappa shape index (κ3) is 4.19. The van der Waals surface area contributed by atoms with Crippen LogP contribution in [-0.2, 0) is 0 Å². The van der Waals surface area contributed by atoms with Crippen LogP contribution in [0.15, 0.2) is 60.8 Å². The van der Waals surface area contributed by atoms with E-state index in [0.717, 1.165) is 11.4 Å². The lowest BCUT2D eigenvalue weighted by atomic mass is 10.1. The van der Waals surface area contributed by atoms with Crippen LogP contribution < -0.4 is 15.4 Å². The fraction of sp³-hybridized carbons (Fsp3) is 0.143. The van der Waals surface area contributed by atoms with E-state index in [4.69, 9.17) is 4.74 Å². The molecule has 0 unspecified atom stereocenters. The molecule has 3 aromatic rings. The van der Waals surface area contributed by atoms with Gasteiger partial charge < -0.3 is 15.4 Å². The van der Waals surface area contributed by atoms with Crippen molar-refractivity contribution in [3.63, 3.8) is 0 Å². The second-order valence-corrected chi connectivity index (χ2v) is 6.04. The largest absolute Gasteiger partial charge is 0.497 e. The molecule has 0 radical (unpaired) electrons. The number of rotatable bonds is 5. The lowest BCUT2D eigenvalue weighted by molar-refractivity contribution is 0.102. The molecule has 0 aliphatic heterocycles. The number of hydrogen-bond acceptors (Lipinski definition) is 4. The monoisotopic (exact) mass is 347 g/mol. The van der Waals surface area contributed by atoms with Gasteiger partial charge in [0.1, 0.15) is 11.6 Å². The third-order valence-electron chi connectivity index (χ3n) is 4.15. The van der Waals surface area contributed by atoms with Crippen LogP contribution in [0.3, 0.4) is 0 Å². The summed E-state index contributed by atoms with van der Waals surface area (Å²) in [6.45, 7) is 4.13. The van der Waals surface area contributed by atoms with Crippen LogP contribution in [0.1, 0.15) is 21.5 Å². The molecular formula is C21H21N3O2. The van der Waals surface area contributed by atoms with Gasteiger partial charge in [0, 0.05) is 23.1 Å². The Bertz CT molecular complexity index is 921. The molecule has 3 rings (SSSR count). The molecule has 0 spiro atoms. The molecule has 0 bridgehead atoms. The highest BCUT2D eigenvalue weighted by Crippen LogP contribution is 2.20. The normalized spacial score (nSPS) is 10.3. The van der Waals surface area contributed by atoms with E-state index in [1.807, 2.05) is 6.07 Å². The van der Waals surface area contributed by atoms with Gasteiger partial charge in [-0.05, 0) is 73.5 Å². The molecule has 2 N–H and O–H groups in total.